The third-order valence-electron chi connectivity index (χ3n) is 9.31. The highest BCUT2D eigenvalue weighted by Crippen LogP contribution is 2.53. The highest BCUT2D eigenvalue weighted by molar-refractivity contribution is 7.18. The maximum Gasteiger partial charge on any atom is 0.121 e. The fourth-order valence-electron chi connectivity index (χ4n) is 7.48. The number of alkyl halides is 1. The fraction of sp³-hybridized carbons (Fsp3) is 0.622. The summed E-state index contributed by atoms with van der Waals surface area (Å²) in [5, 5.41) is -1.14. The molecule has 0 aromatic heterocycles. The van der Waals surface area contributed by atoms with Crippen LogP contribution in [0.25, 0.3) is 5.57 Å². The molecule has 0 amide bonds. The van der Waals surface area contributed by atoms with Crippen molar-refractivity contribution in [2.45, 2.75) is 135 Å². The third-order valence-corrected chi connectivity index (χ3v) is 9.60. The number of hydrogen-bond donors (Lipinski definition) is 0. The van der Waals surface area contributed by atoms with E-state index in [-0.39, 0.29) is 0 Å². The standard InChI is InChI=1S/C37H56FP/c1-6-15-30-25-35(32-17-10-9-11-18-32)28-37(27-30,22-7-2)24-14-16-29(4)34-21-20-33(31(8-3)26-34)19-12-13-23-36(5,38)39/h9-11,17-18,20-21,26,30,35H,4,6-8,12-16,19,22-25,27-28,39H2,1-3,5H3. The Bertz CT molecular complexity index is 1000. The second-order valence-electron chi connectivity index (χ2n) is 12.9. The molecule has 0 heterocycles. The zero-order valence-corrected chi connectivity index (χ0v) is 26.7. The lowest BCUT2D eigenvalue weighted by Gasteiger charge is -2.45. The predicted molar refractivity (Wildman–Crippen MR) is 174 cm³/mol. The van der Waals surface area contributed by atoms with Crippen LogP contribution in [0.15, 0.2) is 55.1 Å². The van der Waals surface area contributed by atoms with Crippen LogP contribution in [0.1, 0.15) is 139 Å². The summed E-state index contributed by atoms with van der Waals surface area (Å²) in [4.78, 5) is 0. The number of hydrogen-bond acceptors (Lipinski definition) is 0. The molecule has 0 N–H and O–H groups in total. The average Bonchev–Trinajstić information content (AvgIpc) is 2.91. The Morgan fingerprint density at radius 2 is 1.74 bits per heavy atom. The zero-order chi connectivity index (χ0) is 28.3. The van der Waals surface area contributed by atoms with Crippen molar-refractivity contribution in [1.82, 2.24) is 0 Å². The minimum atomic E-state index is -1.14. The van der Waals surface area contributed by atoms with Crippen molar-refractivity contribution in [3.05, 3.63) is 77.4 Å². The third kappa shape index (κ3) is 10.1. The molecule has 1 aliphatic carbocycles. The summed E-state index contributed by atoms with van der Waals surface area (Å²) in [5.41, 5.74) is 7.50. The molecule has 3 rings (SSSR count). The van der Waals surface area contributed by atoms with E-state index in [1.54, 1.807) is 12.5 Å². The molecular formula is C37H56FP. The van der Waals surface area contributed by atoms with Gasteiger partial charge in [-0.3, -0.25) is 0 Å². The molecule has 0 saturated heterocycles. The van der Waals surface area contributed by atoms with E-state index in [0.717, 1.165) is 38.0 Å². The van der Waals surface area contributed by atoms with E-state index in [1.165, 1.54) is 80.1 Å². The lowest BCUT2D eigenvalue weighted by Crippen LogP contribution is -2.33. The fourth-order valence-corrected chi connectivity index (χ4v) is 7.69. The molecule has 39 heavy (non-hydrogen) atoms. The van der Waals surface area contributed by atoms with Crippen molar-refractivity contribution < 1.29 is 4.39 Å². The summed E-state index contributed by atoms with van der Waals surface area (Å²) < 4.78 is 13.8. The van der Waals surface area contributed by atoms with E-state index in [4.69, 9.17) is 0 Å². The minimum Gasteiger partial charge on any atom is -0.240 e. The molecule has 0 nitrogen and oxygen atoms in total. The van der Waals surface area contributed by atoms with E-state index < -0.39 is 5.41 Å². The van der Waals surface area contributed by atoms with E-state index in [1.807, 2.05) is 0 Å². The highest BCUT2D eigenvalue weighted by atomic mass is 31.0. The van der Waals surface area contributed by atoms with Crippen molar-refractivity contribution in [2.24, 2.45) is 11.3 Å². The Morgan fingerprint density at radius 3 is 2.41 bits per heavy atom. The Kier molecular flexibility index (Phi) is 12.8. The van der Waals surface area contributed by atoms with Gasteiger partial charge in [0.1, 0.15) is 5.41 Å². The highest BCUT2D eigenvalue weighted by Gasteiger charge is 2.39. The smallest absolute Gasteiger partial charge is 0.121 e. The van der Waals surface area contributed by atoms with Gasteiger partial charge in [0.2, 0.25) is 0 Å². The van der Waals surface area contributed by atoms with Crippen LogP contribution in [-0.4, -0.2) is 5.41 Å². The lowest BCUT2D eigenvalue weighted by molar-refractivity contribution is 0.0894. The van der Waals surface area contributed by atoms with Gasteiger partial charge in [0, 0.05) is 0 Å². The molecule has 0 bridgehead atoms. The van der Waals surface area contributed by atoms with Gasteiger partial charge in [-0.15, -0.1) is 0 Å². The summed E-state index contributed by atoms with van der Waals surface area (Å²) >= 11 is 0. The number of rotatable bonds is 16. The number of halogens is 1. The van der Waals surface area contributed by atoms with Crippen molar-refractivity contribution in [3.63, 3.8) is 0 Å². The number of unbranched alkanes of at least 4 members (excludes halogenated alkanes) is 1. The van der Waals surface area contributed by atoms with Gasteiger partial charge < -0.3 is 0 Å². The Balaban J connectivity index is 1.62. The Morgan fingerprint density at radius 1 is 0.974 bits per heavy atom. The topological polar surface area (TPSA) is 0 Å². The maximum absolute atomic E-state index is 13.8. The molecule has 1 aliphatic rings. The lowest BCUT2D eigenvalue weighted by atomic mass is 9.59. The van der Waals surface area contributed by atoms with Crippen molar-refractivity contribution in [3.8, 4) is 0 Å². The van der Waals surface area contributed by atoms with E-state index in [0.29, 0.717) is 17.8 Å². The molecule has 1 saturated carbocycles. The van der Waals surface area contributed by atoms with Gasteiger partial charge in [-0.2, -0.15) is 0 Å². The summed E-state index contributed by atoms with van der Waals surface area (Å²) in [6.45, 7) is 13.2. The minimum absolute atomic E-state index is 0.471. The SMILES string of the molecule is C=C(CCCC1(CCC)CC(CCC)CC(c2ccccc2)C1)c1ccc(CCCCC(C)(F)P)c(CC)c1. The van der Waals surface area contributed by atoms with Gasteiger partial charge in [-0.1, -0.05) is 104 Å². The van der Waals surface area contributed by atoms with E-state index >= 15 is 0 Å². The molecule has 5 unspecified atom stereocenters. The van der Waals surface area contributed by atoms with Gasteiger partial charge >= 0.3 is 0 Å². The summed E-state index contributed by atoms with van der Waals surface area (Å²) in [5.74, 6) is 1.57. The van der Waals surface area contributed by atoms with Crippen LogP contribution in [0.3, 0.4) is 0 Å². The quantitative estimate of drug-likeness (QED) is 0.144. The van der Waals surface area contributed by atoms with E-state index in [2.05, 4.69) is 85.1 Å². The first kappa shape index (κ1) is 32.1. The van der Waals surface area contributed by atoms with Crippen LogP contribution in [0, 0.1) is 11.3 Å². The van der Waals surface area contributed by atoms with Crippen LogP contribution in [0.5, 0.6) is 0 Å². The largest absolute Gasteiger partial charge is 0.240 e. The van der Waals surface area contributed by atoms with Crippen LogP contribution in [-0.2, 0) is 12.8 Å². The van der Waals surface area contributed by atoms with Gasteiger partial charge in [0.05, 0.1) is 0 Å². The molecule has 216 valence electrons. The molecule has 0 spiro atoms. The predicted octanol–water partition coefficient (Wildman–Crippen LogP) is 11.9. The van der Waals surface area contributed by atoms with Crippen molar-refractivity contribution in [1.29, 1.82) is 0 Å². The molecule has 1 fully saturated rings. The molecule has 2 aromatic carbocycles. The second-order valence-corrected chi connectivity index (χ2v) is 14.1. The molecule has 2 heteroatoms. The average molecular weight is 551 g/mol. The zero-order valence-electron chi connectivity index (χ0n) is 25.5. The first-order valence-electron chi connectivity index (χ1n) is 16.0. The summed E-state index contributed by atoms with van der Waals surface area (Å²) in [7, 11) is 2.33. The normalized spacial score (nSPS) is 22.9. The first-order valence-corrected chi connectivity index (χ1v) is 16.6. The van der Waals surface area contributed by atoms with Gasteiger partial charge in [-0.25, -0.2) is 4.39 Å². The monoisotopic (exact) mass is 550 g/mol. The van der Waals surface area contributed by atoms with Crippen LogP contribution in [0.2, 0.25) is 0 Å². The molecule has 0 radical (unpaired) electrons. The molecule has 2 aromatic rings. The summed E-state index contributed by atoms with van der Waals surface area (Å²) in [6.07, 6.45) is 17.8. The Labute approximate surface area is 242 Å². The first-order chi connectivity index (χ1) is 18.7. The van der Waals surface area contributed by atoms with Crippen molar-refractivity contribution >= 4 is 14.8 Å². The molecule has 5 atom stereocenters. The number of allylic oxidation sites excluding steroid dienone is 1. The van der Waals surface area contributed by atoms with Gasteiger partial charge in [-0.05, 0) is 129 Å². The second kappa shape index (κ2) is 15.5. The Hall–Kier alpha value is -1.46. The number of benzene rings is 2. The van der Waals surface area contributed by atoms with Gasteiger partial charge in [0.15, 0.2) is 0 Å². The van der Waals surface area contributed by atoms with Gasteiger partial charge in [0.25, 0.3) is 0 Å². The molecular weight excluding hydrogens is 494 g/mol. The van der Waals surface area contributed by atoms with Crippen molar-refractivity contribution in [2.75, 3.05) is 0 Å². The summed E-state index contributed by atoms with van der Waals surface area (Å²) in [6, 6.07) is 18.3. The van der Waals surface area contributed by atoms with E-state index in [9.17, 15) is 4.39 Å². The van der Waals surface area contributed by atoms with Crippen LogP contribution in [0.4, 0.5) is 4.39 Å². The number of aryl methyl sites for hydroxylation is 2. The van der Waals surface area contributed by atoms with Crippen LogP contribution >= 0.6 is 9.24 Å². The van der Waals surface area contributed by atoms with Crippen LogP contribution < -0.4 is 0 Å². The maximum atomic E-state index is 13.8. The molecule has 0 aliphatic heterocycles.